The van der Waals surface area contributed by atoms with Crippen LogP contribution >= 0.6 is 0 Å². The molecular weight excluding hydrogens is 402 g/mol. The molecule has 1 aliphatic heterocycles. The minimum absolute atomic E-state index is 0.00109. The predicted octanol–water partition coefficient (Wildman–Crippen LogP) is 4.32. The number of piperidine rings is 1. The van der Waals surface area contributed by atoms with Crippen LogP contribution in [-0.4, -0.2) is 43.6 Å². The van der Waals surface area contributed by atoms with E-state index in [1.54, 1.807) is 7.11 Å². The van der Waals surface area contributed by atoms with Gasteiger partial charge in [-0.25, -0.2) is 4.79 Å². The number of hydrogen-bond donors (Lipinski definition) is 2. The number of nitrogens with one attached hydrogen (secondary N) is 2. The molecule has 6 nitrogen and oxygen atoms in total. The average molecular weight is 438 g/mol. The quantitative estimate of drug-likeness (QED) is 0.574. The molecule has 32 heavy (non-hydrogen) atoms. The maximum atomic E-state index is 12.9. The van der Waals surface area contributed by atoms with Gasteiger partial charge < -0.3 is 20.3 Å². The van der Waals surface area contributed by atoms with Crippen LogP contribution < -0.4 is 15.4 Å². The zero-order chi connectivity index (χ0) is 22.8. The van der Waals surface area contributed by atoms with E-state index >= 15 is 0 Å². The van der Waals surface area contributed by atoms with E-state index in [1.165, 1.54) is 0 Å². The Kier molecular flexibility index (Phi) is 8.96. The summed E-state index contributed by atoms with van der Waals surface area (Å²) in [6, 6.07) is 17.9. The summed E-state index contributed by atoms with van der Waals surface area (Å²) in [6.07, 6.45) is 4.29. The molecule has 0 unspecified atom stereocenters. The number of amides is 3. The first-order chi connectivity index (χ1) is 15.6. The highest BCUT2D eigenvalue weighted by Crippen LogP contribution is 2.33. The Labute approximate surface area is 191 Å². The van der Waals surface area contributed by atoms with E-state index < -0.39 is 0 Å². The fourth-order valence-electron chi connectivity index (χ4n) is 4.17. The SMILES string of the molecule is CCCCNC(=O)N1C[C@@H](C(=O)NCCc2ccc(OC)cc2)CC[C@H]1c1ccccc1. The summed E-state index contributed by atoms with van der Waals surface area (Å²) in [5, 5.41) is 6.10. The van der Waals surface area contributed by atoms with Crippen molar-refractivity contribution in [2.24, 2.45) is 5.92 Å². The molecule has 3 rings (SSSR count). The average Bonchev–Trinajstić information content (AvgIpc) is 2.84. The van der Waals surface area contributed by atoms with Crippen molar-refractivity contribution in [2.75, 3.05) is 26.7 Å². The standard InChI is InChI=1S/C26H35N3O3/c1-3-4-17-28-26(31)29-19-22(12-15-24(29)21-8-6-5-7-9-21)25(30)27-18-16-20-10-13-23(32-2)14-11-20/h5-11,13-14,22,24H,3-4,12,15-19H2,1-2H3,(H,27,30)(H,28,31)/t22-,24-/m0/s1. The van der Waals surface area contributed by atoms with Crippen molar-refractivity contribution in [1.82, 2.24) is 15.5 Å². The molecular formula is C26H35N3O3. The Morgan fingerprint density at radius 1 is 1.00 bits per heavy atom. The van der Waals surface area contributed by atoms with Crippen molar-refractivity contribution >= 4 is 11.9 Å². The summed E-state index contributed by atoms with van der Waals surface area (Å²) >= 11 is 0. The number of hydrogen-bond acceptors (Lipinski definition) is 3. The molecule has 0 bridgehead atoms. The Bertz CT molecular complexity index is 854. The van der Waals surface area contributed by atoms with Crippen molar-refractivity contribution in [2.45, 2.75) is 45.1 Å². The molecule has 1 aliphatic rings. The molecule has 2 N–H and O–H groups in total. The summed E-state index contributed by atoms with van der Waals surface area (Å²) in [6.45, 7) is 3.77. The molecule has 2 aromatic rings. The van der Waals surface area contributed by atoms with Crippen molar-refractivity contribution in [3.05, 3.63) is 65.7 Å². The molecule has 6 heteroatoms. The summed E-state index contributed by atoms with van der Waals surface area (Å²) in [5.41, 5.74) is 2.27. The number of rotatable bonds is 9. The normalized spacial score (nSPS) is 18.1. The molecule has 1 fully saturated rings. The van der Waals surface area contributed by atoms with Gasteiger partial charge in [-0.15, -0.1) is 0 Å². The van der Waals surface area contributed by atoms with Crippen LogP contribution in [0, 0.1) is 5.92 Å². The van der Waals surface area contributed by atoms with E-state index in [-0.39, 0.29) is 23.9 Å². The van der Waals surface area contributed by atoms with Crippen molar-refractivity contribution < 1.29 is 14.3 Å². The molecule has 1 heterocycles. The molecule has 2 aromatic carbocycles. The summed E-state index contributed by atoms with van der Waals surface area (Å²) < 4.78 is 5.18. The molecule has 0 saturated carbocycles. The van der Waals surface area contributed by atoms with Crippen LogP contribution in [0.4, 0.5) is 4.79 Å². The smallest absolute Gasteiger partial charge is 0.317 e. The van der Waals surface area contributed by atoms with Crippen LogP contribution in [-0.2, 0) is 11.2 Å². The highest BCUT2D eigenvalue weighted by molar-refractivity contribution is 5.81. The zero-order valence-electron chi connectivity index (χ0n) is 19.2. The minimum Gasteiger partial charge on any atom is -0.497 e. The third kappa shape index (κ3) is 6.49. The number of likely N-dealkylation sites (tertiary alicyclic amines) is 1. The fourth-order valence-corrected chi connectivity index (χ4v) is 4.17. The Balaban J connectivity index is 1.58. The summed E-state index contributed by atoms with van der Waals surface area (Å²) in [4.78, 5) is 27.7. The lowest BCUT2D eigenvalue weighted by Crippen LogP contribution is -2.50. The lowest BCUT2D eigenvalue weighted by Gasteiger charge is -2.39. The van der Waals surface area contributed by atoms with E-state index in [4.69, 9.17) is 4.74 Å². The summed E-state index contributed by atoms with van der Waals surface area (Å²) in [7, 11) is 1.65. The second-order valence-electron chi connectivity index (χ2n) is 8.33. The van der Waals surface area contributed by atoms with Gasteiger partial charge in [0.25, 0.3) is 0 Å². The van der Waals surface area contributed by atoms with Crippen LogP contribution in [0.5, 0.6) is 5.75 Å². The highest BCUT2D eigenvalue weighted by atomic mass is 16.5. The van der Waals surface area contributed by atoms with E-state index in [0.717, 1.165) is 49.0 Å². The van der Waals surface area contributed by atoms with Gasteiger partial charge in [0.2, 0.25) is 5.91 Å². The van der Waals surface area contributed by atoms with Crippen molar-refractivity contribution in [3.63, 3.8) is 0 Å². The number of methoxy groups -OCH3 is 1. The number of benzene rings is 2. The monoisotopic (exact) mass is 437 g/mol. The topological polar surface area (TPSA) is 70.7 Å². The molecule has 172 valence electrons. The zero-order valence-corrected chi connectivity index (χ0v) is 19.2. The Hall–Kier alpha value is -3.02. The van der Waals surface area contributed by atoms with Crippen LogP contribution in [0.3, 0.4) is 0 Å². The van der Waals surface area contributed by atoms with E-state index in [1.807, 2.05) is 47.4 Å². The van der Waals surface area contributed by atoms with Crippen molar-refractivity contribution in [3.8, 4) is 5.75 Å². The van der Waals surface area contributed by atoms with Gasteiger partial charge in [-0.2, -0.15) is 0 Å². The van der Waals surface area contributed by atoms with Crippen LogP contribution in [0.1, 0.15) is 49.8 Å². The lowest BCUT2D eigenvalue weighted by atomic mass is 9.88. The first-order valence-electron chi connectivity index (χ1n) is 11.6. The van der Waals surface area contributed by atoms with Gasteiger partial charge in [-0.05, 0) is 48.9 Å². The molecule has 0 aliphatic carbocycles. The maximum Gasteiger partial charge on any atom is 0.317 e. The minimum atomic E-state index is -0.192. The molecule has 3 amide bonds. The third-order valence-electron chi connectivity index (χ3n) is 6.08. The predicted molar refractivity (Wildman–Crippen MR) is 127 cm³/mol. The summed E-state index contributed by atoms with van der Waals surface area (Å²) in [5.74, 6) is 0.657. The fraction of sp³-hybridized carbons (Fsp3) is 0.462. The van der Waals surface area contributed by atoms with Gasteiger partial charge in [0, 0.05) is 19.6 Å². The van der Waals surface area contributed by atoms with Crippen molar-refractivity contribution in [1.29, 1.82) is 0 Å². The second-order valence-corrected chi connectivity index (χ2v) is 8.33. The van der Waals surface area contributed by atoms with Gasteiger partial charge >= 0.3 is 6.03 Å². The first-order valence-corrected chi connectivity index (χ1v) is 11.6. The number of carbonyl (C=O) groups excluding carboxylic acids is 2. The number of nitrogens with zero attached hydrogens (tertiary/aromatic N) is 1. The lowest BCUT2D eigenvalue weighted by molar-refractivity contribution is -0.126. The molecule has 1 saturated heterocycles. The number of ether oxygens (including phenoxy) is 1. The van der Waals surface area contributed by atoms with E-state index in [2.05, 4.69) is 29.7 Å². The molecule has 0 aromatic heterocycles. The highest BCUT2D eigenvalue weighted by Gasteiger charge is 2.35. The van der Waals surface area contributed by atoms with Crippen LogP contribution in [0.15, 0.2) is 54.6 Å². The largest absolute Gasteiger partial charge is 0.497 e. The second kappa shape index (κ2) is 12.1. The van der Waals surface area contributed by atoms with Crippen LogP contribution in [0.25, 0.3) is 0 Å². The van der Waals surface area contributed by atoms with Crippen LogP contribution in [0.2, 0.25) is 0 Å². The Morgan fingerprint density at radius 2 is 1.75 bits per heavy atom. The molecule has 0 radical (unpaired) electrons. The van der Waals surface area contributed by atoms with Gasteiger partial charge in [-0.3, -0.25) is 4.79 Å². The number of carbonyl (C=O) groups is 2. The number of unbranched alkanes of at least 4 members (excludes halogenated alkanes) is 1. The van der Waals surface area contributed by atoms with Gasteiger partial charge in [0.05, 0.1) is 19.1 Å². The van der Waals surface area contributed by atoms with E-state index in [9.17, 15) is 9.59 Å². The van der Waals surface area contributed by atoms with E-state index in [0.29, 0.717) is 19.6 Å². The van der Waals surface area contributed by atoms with Gasteiger partial charge in [0.1, 0.15) is 5.75 Å². The first kappa shape index (κ1) is 23.6. The number of urea groups is 1. The maximum absolute atomic E-state index is 12.9. The van der Waals surface area contributed by atoms with Gasteiger partial charge in [-0.1, -0.05) is 55.8 Å². The molecule has 2 atom stereocenters. The Morgan fingerprint density at radius 3 is 2.44 bits per heavy atom. The molecule has 0 spiro atoms. The van der Waals surface area contributed by atoms with Gasteiger partial charge in [0.15, 0.2) is 0 Å². The third-order valence-corrected chi connectivity index (χ3v) is 6.08.